The van der Waals surface area contributed by atoms with E-state index < -0.39 is 6.04 Å². The summed E-state index contributed by atoms with van der Waals surface area (Å²) in [6.07, 6.45) is 6.14. The second kappa shape index (κ2) is 10.3. The number of likely N-dealkylation sites (tertiary alicyclic amines) is 1. The number of amides is 2. The highest BCUT2D eigenvalue weighted by Crippen LogP contribution is 2.41. The zero-order valence-electron chi connectivity index (χ0n) is 21.8. The highest BCUT2D eigenvalue weighted by Gasteiger charge is 2.51. The van der Waals surface area contributed by atoms with Gasteiger partial charge in [0.1, 0.15) is 6.04 Å². The van der Waals surface area contributed by atoms with Gasteiger partial charge < -0.3 is 20.3 Å². The minimum Gasteiger partial charge on any atom is -0.380 e. The van der Waals surface area contributed by atoms with Gasteiger partial charge in [-0.05, 0) is 68.6 Å². The Morgan fingerprint density at radius 1 is 1.11 bits per heavy atom. The lowest BCUT2D eigenvalue weighted by atomic mass is 9.77. The predicted molar refractivity (Wildman–Crippen MR) is 144 cm³/mol. The van der Waals surface area contributed by atoms with Gasteiger partial charge in [-0.1, -0.05) is 29.8 Å². The van der Waals surface area contributed by atoms with Crippen molar-refractivity contribution in [3.8, 4) is 5.69 Å². The maximum atomic E-state index is 13.4. The molecule has 8 heteroatoms. The SMILES string of the molecule is Cc1ccc([C@@H]2C[C@H]2NCCC[C@H](NC(=O)c2ccc(-n3cccn3)cc2)C(=O)N2CC3(COC3)C2)cc1. The van der Waals surface area contributed by atoms with E-state index in [0.717, 1.165) is 51.4 Å². The third kappa shape index (κ3) is 5.24. The van der Waals surface area contributed by atoms with Crippen molar-refractivity contribution in [3.63, 3.8) is 0 Å². The second-order valence-electron chi connectivity index (χ2n) is 11.2. The third-order valence-electron chi connectivity index (χ3n) is 8.05. The molecule has 1 aliphatic carbocycles. The third-order valence-corrected chi connectivity index (χ3v) is 8.05. The van der Waals surface area contributed by atoms with Crippen LogP contribution in [-0.4, -0.2) is 71.4 Å². The van der Waals surface area contributed by atoms with Crippen molar-refractivity contribution in [3.05, 3.63) is 83.7 Å². The van der Waals surface area contributed by atoms with E-state index in [-0.39, 0.29) is 17.2 Å². The lowest BCUT2D eigenvalue weighted by Gasteiger charge is -2.55. The van der Waals surface area contributed by atoms with Crippen LogP contribution in [0.15, 0.2) is 67.0 Å². The smallest absolute Gasteiger partial charge is 0.251 e. The normalized spacial score (nSPS) is 21.9. The molecule has 3 atom stereocenters. The van der Waals surface area contributed by atoms with Gasteiger partial charge in [-0.2, -0.15) is 5.10 Å². The molecule has 0 bridgehead atoms. The molecule has 2 aromatic carbocycles. The molecule has 2 N–H and O–H groups in total. The van der Waals surface area contributed by atoms with Gasteiger partial charge in [-0.3, -0.25) is 9.59 Å². The minimum absolute atomic E-state index is 0.00740. The molecule has 3 aromatic rings. The Bertz CT molecular complexity index is 1260. The summed E-state index contributed by atoms with van der Waals surface area (Å²) in [6.45, 7) is 5.82. The lowest BCUT2D eigenvalue weighted by Crippen LogP contribution is -2.69. The van der Waals surface area contributed by atoms with Crippen LogP contribution in [-0.2, 0) is 9.53 Å². The van der Waals surface area contributed by atoms with Gasteiger partial charge in [0, 0.05) is 43.0 Å². The predicted octanol–water partition coefficient (Wildman–Crippen LogP) is 3.06. The van der Waals surface area contributed by atoms with Crippen molar-refractivity contribution in [2.24, 2.45) is 5.41 Å². The molecule has 2 saturated heterocycles. The van der Waals surface area contributed by atoms with Gasteiger partial charge in [-0.15, -0.1) is 0 Å². The van der Waals surface area contributed by atoms with E-state index in [2.05, 4.69) is 46.9 Å². The van der Waals surface area contributed by atoms with E-state index >= 15 is 0 Å². The van der Waals surface area contributed by atoms with Crippen molar-refractivity contribution >= 4 is 11.8 Å². The molecule has 1 spiro atoms. The van der Waals surface area contributed by atoms with E-state index in [4.69, 9.17) is 4.74 Å². The fourth-order valence-corrected chi connectivity index (χ4v) is 5.60. The number of hydrogen-bond acceptors (Lipinski definition) is 5. The van der Waals surface area contributed by atoms with Gasteiger partial charge in [-0.25, -0.2) is 4.68 Å². The van der Waals surface area contributed by atoms with E-state index in [1.54, 1.807) is 23.0 Å². The number of aromatic nitrogens is 2. The van der Waals surface area contributed by atoms with E-state index in [1.807, 2.05) is 29.3 Å². The van der Waals surface area contributed by atoms with Crippen LogP contribution in [0.4, 0.5) is 0 Å². The van der Waals surface area contributed by atoms with Crippen LogP contribution in [0.5, 0.6) is 0 Å². The molecular weight excluding hydrogens is 478 g/mol. The average Bonchev–Trinajstić information content (AvgIpc) is 3.43. The first-order valence-electron chi connectivity index (χ1n) is 13.6. The van der Waals surface area contributed by atoms with Crippen molar-refractivity contribution in [2.45, 2.75) is 44.2 Å². The Labute approximate surface area is 223 Å². The molecule has 0 radical (unpaired) electrons. The highest BCUT2D eigenvalue weighted by atomic mass is 16.5. The van der Waals surface area contributed by atoms with Crippen molar-refractivity contribution in [1.82, 2.24) is 25.3 Å². The summed E-state index contributed by atoms with van der Waals surface area (Å²) in [4.78, 5) is 28.4. The van der Waals surface area contributed by atoms with E-state index in [0.29, 0.717) is 23.9 Å². The van der Waals surface area contributed by atoms with Crippen molar-refractivity contribution < 1.29 is 14.3 Å². The number of hydrogen-bond donors (Lipinski definition) is 2. The molecule has 1 saturated carbocycles. The molecule has 38 heavy (non-hydrogen) atoms. The van der Waals surface area contributed by atoms with Gasteiger partial charge in [0.25, 0.3) is 5.91 Å². The molecule has 1 aromatic heterocycles. The van der Waals surface area contributed by atoms with Gasteiger partial charge in [0.15, 0.2) is 0 Å². The summed E-state index contributed by atoms with van der Waals surface area (Å²) in [5.41, 5.74) is 4.22. The minimum atomic E-state index is -0.541. The summed E-state index contributed by atoms with van der Waals surface area (Å²) in [6, 6.07) is 17.9. The van der Waals surface area contributed by atoms with E-state index in [9.17, 15) is 9.59 Å². The van der Waals surface area contributed by atoms with Crippen molar-refractivity contribution in [1.29, 1.82) is 0 Å². The fourth-order valence-electron chi connectivity index (χ4n) is 5.60. The first kappa shape index (κ1) is 24.8. The monoisotopic (exact) mass is 513 g/mol. The van der Waals surface area contributed by atoms with Crippen LogP contribution in [0.25, 0.3) is 5.69 Å². The van der Waals surface area contributed by atoms with Gasteiger partial charge in [0.2, 0.25) is 5.91 Å². The van der Waals surface area contributed by atoms with Crippen LogP contribution in [0.3, 0.4) is 0 Å². The maximum absolute atomic E-state index is 13.4. The first-order chi connectivity index (χ1) is 18.5. The standard InChI is InChI=1S/C30H35N5O3/c1-21-5-7-22(8-6-21)25-16-27(25)31-13-2-4-26(29(37)34-17-30(18-34)19-38-20-30)33-28(36)23-9-11-24(12-10-23)35-15-3-14-32-35/h3,5-12,14-15,25-27,31H,2,4,13,16-20H2,1H3,(H,33,36)/t25-,26-,27+/m0/s1. The molecule has 198 valence electrons. The molecule has 8 nitrogen and oxygen atoms in total. The molecule has 2 aliphatic heterocycles. The number of aryl methyl sites for hydroxylation is 1. The number of ether oxygens (including phenoxy) is 1. The highest BCUT2D eigenvalue weighted by molar-refractivity contribution is 5.97. The Morgan fingerprint density at radius 2 is 1.87 bits per heavy atom. The topological polar surface area (TPSA) is 88.5 Å². The summed E-state index contributed by atoms with van der Waals surface area (Å²) >= 11 is 0. The molecular formula is C30H35N5O3. The number of nitrogens with one attached hydrogen (secondary N) is 2. The molecule has 2 amide bonds. The van der Waals surface area contributed by atoms with Crippen LogP contribution < -0.4 is 10.6 Å². The summed E-state index contributed by atoms with van der Waals surface area (Å²) < 4.78 is 7.10. The van der Waals surface area contributed by atoms with Crippen LogP contribution >= 0.6 is 0 Å². The van der Waals surface area contributed by atoms with Crippen LogP contribution in [0.1, 0.15) is 46.7 Å². The van der Waals surface area contributed by atoms with Crippen LogP contribution in [0, 0.1) is 12.3 Å². The average molecular weight is 514 g/mol. The number of rotatable bonds is 10. The Morgan fingerprint density at radius 3 is 2.53 bits per heavy atom. The quantitative estimate of drug-likeness (QED) is 0.407. The molecule has 0 unspecified atom stereocenters. The molecule has 3 fully saturated rings. The van der Waals surface area contributed by atoms with Gasteiger partial charge in [0.05, 0.1) is 24.3 Å². The summed E-state index contributed by atoms with van der Waals surface area (Å²) in [5.74, 6) is 0.347. The molecule has 6 rings (SSSR count). The Hall–Kier alpha value is -3.49. The maximum Gasteiger partial charge on any atom is 0.251 e. The van der Waals surface area contributed by atoms with Crippen molar-refractivity contribution in [2.75, 3.05) is 32.8 Å². The first-order valence-corrected chi connectivity index (χ1v) is 13.6. The molecule has 3 aliphatic rings. The number of nitrogens with zero attached hydrogens (tertiary/aromatic N) is 3. The largest absolute Gasteiger partial charge is 0.380 e. The fraction of sp³-hybridized carbons (Fsp3) is 0.433. The second-order valence-corrected chi connectivity index (χ2v) is 11.2. The Kier molecular flexibility index (Phi) is 6.76. The number of carbonyl (C=O) groups is 2. The lowest BCUT2D eigenvalue weighted by molar-refractivity contribution is -0.196. The number of benzene rings is 2. The molecule has 3 heterocycles. The zero-order chi connectivity index (χ0) is 26.1. The van der Waals surface area contributed by atoms with Crippen LogP contribution in [0.2, 0.25) is 0 Å². The van der Waals surface area contributed by atoms with Gasteiger partial charge >= 0.3 is 0 Å². The summed E-state index contributed by atoms with van der Waals surface area (Å²) in [5, 5.41) is 10.9. The van der Waals surface area contributed by atoms with E-state index in [1.165, 1.54) is 11.1 Å². The number of carbonyl (C=O) groups excluding carboxylic acids is 2. The summed E-state index contributed by atoms with van der Waals surface area (Å²) in [7, 11) is 0. The Balaban J connectivity index is 1.04. The zero-order valence-corrected chi connectivity index (χ0v) is 21.8.